The van der Waals surface area contributed by atoms with Crippen LogP contribution in [-0.2, 0) is 33.2 Å². The Balaban J connectivity index is -0.000000673. The number of hydrogen-bond acceptors (Lipinski definition) is 10. The highest BCUT2D eigenvalue weighted by atomic mass is 32.2. The molecule has 0 atom stereocenters. The van der Waals surface area contributed by atoms with Gasteiger partial charge in [0.25, 0.3) is 0 Å². The quantitative estimate of drug-likeness (QED) is 0.163. The van der Waals surface area contributed by atoms with E-state index in [1.807, 2.05) is 21.6 Å². The second-order valence-electron chi connectivity index (χ2n) is 11.9. The molecule has 1 aliphatic rings. The molecule has 2 heterocycles. The first kappa shape index (κ1) is 45.0. The fourth-order valence-electron chi connectivity index (χ4n) is 5.66. The van der Waals surface area contributed by atoms with Gasteiger partial charge in [0.05, 0.1) is 45.3 Å². The number of rotatable bonds is 14. The molecular weight excluding hydrogens is 681 g/mol. The molecule has 3 N–H and O–H groups in total. The SMILES string of the molecule is CCN(CC)CC.CC[NH+](CC)CC.O=S(=O)([O-])CCCN1CCCc2c(O)cccc21.O=S(=O)([O-])CCC[n+]1cccc2c(O)cccc21.[HH].[HH].[HH]. The maximum Gasteiger partial charge on any atom is 0.216 e. The van der Waals surface area contributed by atoms with Gasteiger partial charge in [0.1, 0.15) is 18.0 Å². The number of benzene rings is 2. The summed E-state index contributed by atoms with van der Waals surface area (Å²) in [7, 11) is -8.30. The summed E-state index contributed by atoms with van der Waals surface area (Å²) in [6.07, 6.45) is 4.12. The third-order valence-electron chi connectivity index (χ3n) is 8.68. The molecule has 1 aliphatic heterocycles. The lowest BCUT2D eigenvalue weighted by atomic mass is 10.0. The summed E-state index contributed by atoms with van der Waals surface area (Å²) in [5.74, 6) is -0.251. The van der Waals surface area contributed by atoms with Crippen molar-refractivity contribution in [2.24, 2.45) is 0 Å². The maximum absolute atomic E-state index is 10.6. The van der Waals surface area contributed by atoms with E-state index in [2.05, 4.69) is 46.4 Å². The lowest BCUT2D eigenvalue weighted by molar-refractivity contribution is -0.894. The van der Waals surface area contributed by atoms with Gasteiger partial charge in [-0.1, -0.05) is 32.9 Å². The number of pyridine rings is 1. The van der Waals surface area contributed by atoms with Crippen molar-refractivity contribution in [3.8, 4) is 11.5 Å². The van der Waals surface area contributed by atoms with Crippen molar-refractivity contribution in [1.29, 1.82) is 0 Å². The Morgan fingerprint density at radius 1 is 0.800 bits per heavy atom. The summed E-state index contributed by atoms with van der Waals surface area (Å²) in [6, 6.07) is 14.1. The zero-order valence-corrected chi connectivity index (χ0v) is 32.4. The van der Waals surface area contributed by atoms with Gasteiger partial charge in [0.15, 0.2) is 6.20 Å². The van der Waals surface area contributed by atoms with Gasteiger partial charge in [-0.05, 0) is 83.9 Å². The van der Waals surface area contributed by atoms with Crippen LogP contribution in [0.3, 0.4) is 0 Å². The average Bonchev–Trinajstić information content (AvgIpc) is 3.07. The lowest BCUT2D eigenvalue weighted by Crippen LogP contribution is -3.11. The third kappa shape index (κ3) is 17.3. The molecule has 0 radical (unpaired) electrons. The smallest absolute Gasteiger partial charge is 0.216 e. The number of fused-ring (bicyclic) bond motifs is 2. The Morgan fingerprint density at radius 3 is 1.88 bits per heavy atom. The van der Waals surface area contributed by atoms with E-state index in [-0.39, 0.29) is 33.7 Å². The molecule has 2 aromatic carbocycles. The minimum Gasteiger partial charge on any atom is -0.748 e. The molecule has 50 heavy (non-hydrogen) atoms. The highest BCUT2D eigenvalue weighted by molar-refractivity contribution is 7.85. The Kier molecular flexibility index (Phi) is 21.1. The summed E-state index contributed by atoms with van der Waals surface area (Å²) in [5.41, 5.74) is 2.67. The number of aryl methyl sites for hydroxylation is 1. The van der Waals surface area contributed by atoms with Crippen molar-refractivity contribution >= 4 is 36.8 Å². The van der Waals surface area contributed by atoms with E-state index >= 15 is 0 Å². The molecule has 14 heteroatoms. The van der Waals surface area contributed by atoms with Gasteiger partial charge >= 0.3 is 0 Å². The Morgan fingerprint density at radius 2 is 1.36 bits per heavy atom. The van der Waals surface area contributed by atoms with Crippen LogP contribution in [0.1, 0.15) is 70.6 Å². The lowest BCUT2D eigenvalue weighted by Gasteiger charge is -2.31. The molecule has 0 saturated carbocycles. The van der Waals surface area contributed by atoms with Gasteiger partial charge < -0.3 is 34.0 Å². The van der Waals surface area contributed by atoms with Crippen molar-refractivity contribution in [3.05, 3.63) is 60.3 Å². The number of quaternary nitrogens is 1. The van der Waals surface area contributed by atoms with E-state index in [4.69, 9.17) is 0 Å². The normalized spacial score (nSPS) is 12.7. The Bertz CT molecular complexity index is 1610. The van der Waals surface area contributed by atoms with E-state index in [1.54, 1.807) is 47.5 Å². The number of phenolic OH excluding ortho intramolecular Hbond substituents is 2. The van der Waals surface area contributed by atoms with Crippen LogP contribution in [-0.4, -0.2) is 105 Å². The highest BCUT2D eigenvalue weighted by Crippen LogP contribution is 2.33. The van der Waals surface area contributed by atoms with Gasteiger partial charge in [-0.3, -0.25) is 0 Å². The number of hydrogen-bond donors (Lipinski definition) is 3. The van der Waals surface area contributed by atoms with Crippen LogP contribution in [0.25, 0.3) is 10.9 Å². The summed E-state index contributed by atoms with van der Waals surface area (Å²) >= 11 is 0. The van der Waals surface area contributed by atoms with E-state index in [9.17, 15) is 36.2 Å². The second kappa shape index (κ2) is 23.5. The predicted molar refractivity (Wildman–Crippen MR) is 205 cm³/mol. The standard InChI is InChI=1S/C12H17NO4S.C12H13NO4S.2C6H15N.3H2/c2*14-12-6-1-5-11-10(12)4-2-7-13(11)8-3-9-18(15,16)17;2*1-4-7(5-2)6-3;;;/h1,5-6,14H,2-4,7-9H2,(H,15,16,17);1-2,4-7H,3,8-9H2,(H,15,16,17);2*4-6H2,1-3H3;3*1H. The van der Waals surface area contributed by atoms with Gasteiger partial charge in [0.2, 0.25) is 5.52 Å². The minimum absolute atomic E-state index is 0. The van der Waals surface area contributed by atoms with Crippen LogP contribution < -0.4 is 14.4 Å². The monoisotopic (exact) mass is 746 g/mol. The van der Waals surface area contributed by atoms with Crippen molar-refractivity contribution in [3.63, 3.8) is 0 Å². The molecule has 1 aromatic heterocycles. The predicted octanol–water partition coefficient (Wildman–Crippen LogP) is 3.87. The number of nitrogens with one attached hydrogen (secondary N) is 1. The molecule has 290 valence electrons. The van der Waals surface area contributed by atoms with Crippen LogP contribution >= 0.6 is 0 Å². The van der Waals surface area contributed by atoms with Crippen LogP contribution in [0, 0.1) is 0 Å². The molecule has 12 nitrogen and oxygen atoms in total. The molecule has 0 aliphatic carbocycles. The number of aromatic nitrogens is 1. The molecule has 3 aromatic rings. The fourth-order valence-corrected chi connectivity index (χ4v) is 6.63. The summed E-state index contributed by atoms with van der Waals surface area (Å²) in [4.78, 5) is 6.09. The third-order valence-corrected chi connectivity index (χ3v) is 10.3. The van der Waals surface area contributed by atoms with E-state index in [0.717, 1.165) is 36.2 Å². The first-order valence-corrected chi connectivity index (χ1v) is 20.9. The molecule has 0 spiro atoms. The topological polar surface area (TPSA) is 170 Å². The molecule has 4 rings (SSSR count). The van der Waals surface area contributed by atoms with Crippen LogP contribution in [0.4, 0.5) is 5.69 Å². The summed E-state index contributed by atoms with van der Waals surface area (Å²) in [5, 5.41) is 20.1. The van der Waals surface area contributed by atoms with Gasteiger partial charge in [-0.2, -0.15) is 4.57 Å². The van der Waals surface area contributed by atoms with Gasteiger partial charge in [-0.15, -0.1) is 0 Å². The average molecular weight is 747 g/mol. The van der Waals surface area contributed by atoms with Crippen molar-refractivity contribution < 1.29 is 49.9 Å². The fraction of sp³-hybridized carbons (Fsp3) is 0.583. The van der Waals surface area contributed by atoms with Crippen LogP contribution in [0.2, 0.25) is 0 Å². The van der Waals surface area contributed by atoms with E-state index < -0.39 is 20.2 Å². The highest BCUT2D eigenvalue weighted by Gasteiger charge is 2.19. The zero-order valence-electron chi connectivity index (χ0n) is 30.8. The second-order valence-corrected chi connectivity index (χ2v) is 15.0. The van der Waals surface area contributed by atoms with Gasteiger partial charge in [0, 0.05) is 58.7 Å². The zero-order chi connectivity index (χ0) is 37.7. The molecule has 0 unspecified atom stereocenters. The van der Waals surface area contributed by atoms with Crippen LogP contribution in [0.5, 0.6) is 11.5 Å². The summed E-state index contributed by atoms with van der Waals surface area (Å²) in [6.45, 7) is 22.4. The van der Waals surface area contributed by atoms with E-state index in [1.165, 1.54) is 39.3 Å². The molecule has 0 saturated heterocycles. The maximum atomic E-state index is 10.6. The van der Waals surface area contributed by atoms with Gasteiger partial charge in [-0.25, -0.2) is 16.8 Å². The number of nitrogens with zero attached hydrogens (tertiary/aromatic N) is 3. The van der Waals surface area contributed by atoms with E-state index in [0.29, 0.717) is 24.9 Å². The first-order chi connectivity index (χ1) is 23.6. The molecule has 0 amide bonds. The summed E-state index contributed by atoms with van der Waals surface area (Å²) < 4.78 is 65.1. The molecular formula is C36H66N4O8S2. The van der Waals surface area contributed by atoms with Crippen molar-refractivity contribution in [1.82, 2.24) is 4.90 Å². The van der Waals surface area contributed by atoms with Crippen molar-refractivity contribution in [2.75, 3.05) is 68.8 Å². The Labute approximate surface area is 305 Å². The number of phenols is 2. The number of anilines is 1. The minimum atomic E-state index is -4.17. The number of aromatic hydroxyl groups is 2. The van der Waals surface area contributed by atoms with Crippen LogP contribution in [0.15, 0.2) is 54.7 Å². The molecule has 0 bridgehead atoms. The first-order valence-electron chi connectivity index (χ1n) is 17.7. The Hall–Kier alpha value is -3.01. The molecule has 0 fully saturated rings. The largest absolute Gasteiger partial charge is 0.748 e. The van der Waals surface area contributed by atoms with Crippen molar-refractivity contribution in [2.45, 2.75) is 73.8 Å².